The quantitative estimate of drug-likeness (QED) is 0.294. The third kappa shape index (κ3) is 5.65. The summed E-state index contributed by atoms with van der Waals surface area (Å²) >= 11 is 0. The number of ether oxygens (including phenoxy) is 1. The first-order valence-electron chi connectivity index (χ1n) is 9.89. The van der Waals surface area contributed by atoms with E-state index in [0.29, 0.717) is 34.5 Å². The Hall–Kier alpha value is -3.30. The zero-order chi connectivity index (χ0) is 22.6. The minimum Gasteiger partial charge on any atom is -0.476 e. The van der Waals surface area contributed by atoms with Gasteiger partial charge in [-0.05, 0) is 36.4 Å². The van der Waals surface area contributed by atoms with Crippen LogP contribution in [0.5, 0.6) is 0 Å². The number of hydrogen-bond donors (Lipinski definition) is 2. The number of amides is 1. The number of aromatic carboxylic acids is 1. The van der Waals surface area contributed by atoms with Gasteiger partial charge in [0.05, 0.1) is 11.2 Å². The molecule has 8 nitrogen and oxygen atoms in total. The first-order chi connectivity index (χ1) is 14.7. The van der Waals surface area contributed by atoms with Crippen LogP contribution in [0.4, 0.5) is 5.69 Å². The van der Waals surface area contributed by atoms with Crippen molar-refractivity contribution in [1.29, 1.82) is 0 Å². The second kappa shape index (κ2) is 9.23. The van der Waals surface area contributed by atoms with Crippen molar-refractivity contribution in [3.8, 4) is 11.3 Å². The second-order valence-electron chi connectivity index (χ2n) is 8.36. The van der Waals surface area contributed by atoms with Gasteiger partial charge in [0.2, 0.25) is 5.91 Å². The minimum atomic E-state index is -1.21. The lowest BCUT2D eigenvalue weighted by atomic mass is 10.1. The molecule has 1 aromatic carbocycles. The Kier molecular flexibility index (Phi) is 6.67. The van der Waals surface area contributed by atoms with Crippen molar-refractivity contribution in [3.05, 3.63) is 54.9 Å². The number of nitrogens with zero attached hydrogens (tertiary/aromatic N) is 3. The lowest BCUT2D eigenvalue weighted by Crippen LogP contribution is -2.22. The second-order valence-corrected chi connectivity index (χ2v) is 14.0. The molecule has 31 heavy (non-hydrogen) atoms. The summed E-state index contributed by atoms with van der Waals surface area (Å²) in [5.74, 6) is -1.43. The van der Waals surface area contributed by atoms with E-state index < -0.39 is 14.0 Å². The summed E-state index contributed by atoms with van der Waals surface area (Å²) in [5, 5.41) is 17.1. The number of anilines is 1. The molecule has 162 valence electrons. The molecule has 0 fully saturated rings. The van der Waals surface area contributed by atoms with Gasteiger partial charge in [0, 0.05) is 37.5 Å². The summed E-state index contributed by atoms with van der Waals surface area (Å²) in [4.78, 5) is 27.7. The topological polar surface area (TPSA) is 106 Å². The van der Waals surface area contributed by atoms with Crippen LogP contribution in [-0.4, -0.2) is 46.4 Å². The number of carboxylic acids is 1. The molecular weight excluding hydrogens is 412 g/mol. The highest BCUT2D eigenvalue weighted by molar-refractivity contribution is 6.76. The average molecular weight is 439 g/mol. The molecule has 0 unspecified atom stereocenters. The van der Waals surface area contributed by atoms with E-state index in [2.05, 4.69) is 41.6 Å². The van der Waals surface area contributed by atoms with Crippen molar-refractivity contribution in [2.45, 2.75) is 32.4 Å². The zero-order valence-electron chi connectivity index (χ0n) is 17.9. The summed E-state index contributed by atoms with van der Waals surface area (Å²) in [7, 11) is -1.21. The van der Waals surface area contributed by atoms with Crippen molar-refractivity contribution >= 4 is 36.5 Å². The fraction of sp³-hybridized carbons (Fsp3) is 0.273. The van der Waals surface area contributed by atoms with Gasteiger partial charge in [-0.15, -0.1) is 0 Å². The van der Waals surface area contributed by atoms with E-state index in [1.807, 2.05) is 12.1 Å². The summed E-state index contributed by atoms with van der Waals surface area (Å²) in [6, 6.07) is 9.80. The Balaban J connectivity index is 1.90. The molecule has 1 amide bonds. The lowest BCUT2D eigenvalue weighted by molar-refractivity contribution is -0.111. The molecule has 0 saturated heterocycles. The molecule has 9 heteroatoms. The van der Waals surface area contributed by atoms with Gasteiger partial charge in [0.15, 0.2) is 5.69 Å². The number of carbonyl (C=O) groups excluding carboxylic acids is 1. The molecular formula is C22H26N4O4Si. The van der Waals surface area contributed by atoms with E-state index >= 15 is 0 Å². The number of nitrogens with one attached hydrogen (secondary N) is 1. The largest absolute Gasteiger partial charge is 0.476 e. The SMILES string of the molecule is C=CC(=O)Nc1ccnc(-c2ccc3c(c2)c(C(=O)O)nn3COCC[Si](C)(C)C)c1. The number of fused-ring (bicyclic) bond motifs is 1. The van der Waals surface area contributed by atoms with E-state index in [1.165, 1.54) is 6.08 Å². The standard InChI is InChI=1S/C22H26N4O4Si/c1-5-20(27)24-16-8-9-23-18(13-16)15-6-7-19-17(12-15)21(22(28)29)25-26(19)14-30-10-11-31(2,3)4/h5-9,12-13H,1,10-11,14H2,2-4H3,(H,28,29)(H,23,24,27). The Morgan fingerprint density at radius 2 is 2.03 bits per heavy atom. The minimum absolute atomic E-state index is 0.0400. The number of aromatic nitrogens is 3. The molecule has 0 aliphatic carbocycles. The Morgan fingerprint density at radius 3 is 2.71 bits per heavy atom. The molecule has 0 bridgehead atoms. The van der Waals surface area contributed by atoms with Crippen molar-refractivity contribution in [2.24, 2.45) is 0 Å². The van der Waals surface area contributed by atoms with Gasteiger partial charge < -0.3 is 15.2 Å². The van der Waals surface area contributed by atoms with Crippen LogP contribution < -0.4 is 5.32 Å². The number of benzene rings is 1. The highest BCUT2D eigenvalue weighted by Gasteiger charge is 2.18. The van der Waals surface area contributed by atoms with Gasteiger partial charge in [-0.25, -0.2) is 9.48 Å². The van der Waals surface area contributed by atoms with Crippen LogP contribution >= 0.6 is 0 Å². The molecule has 0 atom stereocenters. The van der Waals surface area contributed by atoms with Gasteiger partial charge in [-0.1, -0.05) is 32.3 Å². The monoisotopic (exact) mass is 438 g/mol. The van der Waals surface area contributed by atoms with Crippen molar-refractivity contribution in [1.82, 2.24) is 14.8 Å². The third-order valence-corrected chi connectivity index (χ3v) is 6.38. The summed E-state index contributed by atoms with van der Waals surface area (Å²) < 4.78 is 7.33. The van der Waals surface area contributed by atoms with E-state index in [9.17, 15) is 14.7 Å². The summed E-state index contributed by atoms with van der Waals surface area (Å²) in [6.45, 7) is 11.1. The molecule has 3 rings (SSSR count). The predicted octanol–water partition coefficient (Wildman–Crippen LogP) is 4.23. The van der Waals surface area contributed by atoms with E-state index in [1.54, 1.807) is 29.1 Å². The van der Waals surface area contributed by atoms with Gasteiger partial charge in [0.1, 0.15) is 6.73 Å². The Labute approximate surface area is 181 Å². The number of rotatable bonds is 9. The number of hydrogen-bond acceptors (Lipinski definition) is 5. The van der Waals surface area contributed by atoms with E-state index in [4.69, 9.17) is 4.74 Å². The molecule has 0 aliphatic rings. The average Bonchev–Trinajstić information content (AvgIpc) is 3.09. The highest BCUT2D eigenvalue weighted by atomic mass is 28.3. The van der Waals surface area contributed by atoms with Crippen LogP contribution in [-0.2, 0) is 16.3 Å². The molecule has 2 N–H and O–H groups in total. The van der Waals surface area contributed by atoms with Gasteiger partial charge in [0.25, 0.3) is 0 Å². The fourth-order valence-corrected chi connectivity index (χ4v) is 3.74. The smallest absolute Gasteiger partial charge is 0.357 e. The zero-order valence-corrected chi connectivity index (χ0v) is 18.9. The maximum atomic E-state index is 11.8. The Bertz CT molecular complexity index is 1130. The number of carboxylic acid groups (broad SMARTS) is 1. The van der Waals surface area contributed by atoms with Crippen LogP contribution in [0.25, 0.3) is 22.2 Å². The molecule has 2 heterocycles. The number of carbonyl (C=O) groups is 2. The first-order valence-corrected chi connectivity index (χ1v) is 13.6. The van der Waals surface area contributed by atoms with Crippen molar-refractivity contribution < 1.29 is 19.4 Å². The van der Waals surface area contributed by atoms with Gasteiger partial charge >= 0.3 is 5.97 Å². The first kappa shape index (κ1) is 22.4. The lowest BCUT2D eigenvalue weighted by Gasteiger charge is -2.15. The number of pyridine rings is 1. The van der Waals surface area contributed by atoms with Crippen LogP contribution in [0.1, 0.15) is 10.5 Å². The molecule has 3 aromatic rings. The van der Waals surface area contributed by atoms with E-state index in [0.717, 1.165) is 6.04 Å². The predicted molar refractivity (Wildman–Crippen MR) is 123 cm³/mol. The normalized spacial score (nSPS) is 11.5. The van der Waals surface area contributed by atoms with Crippen LogP contribution in [0.15, 0.2) is 49.2 Å². The van der Waals surface area contributed by atoms with Crippen LogP contribution in [0.3, 0.4) is 0 Å². The van der Waals surface area contributed by atoms with Crippen molar-refractivity contribution in [3.63, 3.8) is 0 Å². The highest BCUT2D eigenvalue weighted by Crippen LogP contribution is 2.27. The van der Waals surface area contributed by atoms with Gasteiger partial charge in [-0.2, -0.15) is 5.10 Å². The van der Waals surface area contributed by atoms with Crippen LogP contribution in [0, 0.1) is 0 Å². The van der Waals surface area contributed by atoms with Gasteiger partial charge in [-0.3, -0.25) is 9.78 Å². The maximum Gasteiger partial charge on any atom is 0.357 e. The third-order valence-electron chi connectivity index (χ3n) is 4.67. The maximum absolute atomic E-state index is 11.8. The molecule has 0 spiro atoms. The van der Waals surface area contributed by atoms with Crippen molar-refractivity contribution in [2.75, 3.05) is 11.9 Å². The Morgan fingerprint density at radius 1 is 1.26 bits per heavy atom. The molecule has 2 aromatic heterocycles. The van der Waals surface area contributed by atoms with E-state index in [-0.39, 0.29) is 18.3 Å². The molecule has 0 saturated carbocycles. The molecule has 0 radical (unpaired) electrons. The summed E-state index contributed by atoms with van der Waals surface area (Å²) in [5.41, 5.74) is 2.51. The molecule has 0 aliphatic heterocycles. The van der Waals surface area contributed by atoms with Crippen LogP contribution in [0.2, 0.25) is 25.7 Å². The fourth-order valence-electron chi connectivity index (χ4n) is 2.98. The summed E-state index contributed by atoms with van der Waals surface area (Å²) in [6.07, 6.45) is 2.76.